The molecule has 0 bridgehead atoms. The third-order valence-corrected chi connectivity index (χ3v) is 7.29. The molecule has 4 aromatic rings. The van der Waals surface area contributed by atoms with Gasteiger partial charge in [-0.1, -0.05) is 41.9 Å². The Kier molecular flexibility index (Phi) is 12.7. The van der Waals surface area contributed by atoms with Gasteiger partial charge < -0.3 is 25.2 Å². The fourth-order valence-corrected chi connectivity index (χ4v) is 5.47. The molecule has 2 atom stereocenters. The van der Waals surface area contributed by atoms with Crippen molar-refractivity contribution in [1.82, 2.24) is 4.57 Å². The molecule has 0 aliphatic carbocycles. The Labute approximate surface area is 281 Å². The van der Waals surface area contributed by atoms with Crippen molar-refractivity contribution in [1.29, 1.82) is 0 Å². The van der Waals surface area contributed by atoms with Gasteiger partial charge in [-0.25, -0.2) is 8.78 Å². The van der Waals surface area contributed by atoms with Crippen LogP contribution in [-0.4, -0.2) is 73.5 Å². The van der Waals surface area contributed by atoms with Crippen molar-refractivity contribution in [2.75, 3.05) is 5.32 Å². The summed E-state index contributed by atoms with van der Waals surface area (Å²) in [5, 5.41) is 33.1. The Balaban J connectivity index is 0.00000529. The monoisotopic (exact) mass is 634 g/mol. The van der Waals surface area contributed by atoms with Gasteiger partial charge in [0.2, 0.25) is 0 Å². The maximum atomic E-state index is 14.1. The summed E-state index contributed by atoms with van der Waals surface area (Å²) >= 11 is 6.16. The number of carbonyl (C=O) groups excluding carboxylic acids is 1. The Morgan fingerprint density at radius 1 is 0.886 bits per heavy atom. The van der Waals surface area contributed by atoms with Crippen LogP contribution in [0.2, 0.25) is 5.02 Å². The van der Waals surface area contributed by atoms with Crippen LogP contribution in [0.4, 0.5) is 14.5 Å². The zero-order valence-electron chi connectivity index (χ0n) is 23.7. The van der Waals surface area contributed by atoms with Gasteiger partial charge in [0, 0.05) is 33.6 Å². The number of amides is 1. The van der Waals surface area contributed by atoms with Gasteiger partial charge in [0.15, 0.2) is 0 Å². The van der Waals surface area contributed by atoms with Crippen LogP contribution in [0, 0.1) is 11.6 Å². The van der Waals surface area contributed by atoms with Gasteiger partial charge in [-0.2, -0.15) is 0 Å². The minimum atomic E-state index is -1.23. The minimum absolute atomic E-state index is 0. The molecule has 0 saturated carbocycles. The first-order chi connectivity index (χ1) is 20.4. The van der Waals surface area contributed by atoms with Crippen LogP contribution in [0.15, 0.2) is 72.8 Å². The van der Waals surface area contributed by atoms with E-state index in [1.54, 1.807) is 48.5 Å². The molecule has 44 heavy (non-hydrogen) atoms. The van der Waals surface area contributed by atoms with Crippen LogP contribution in [0.25, 0.3) is 22.3 Å². The number of aromatic nitrogens is 1. The quantitative estimate of drug-likeness (QED) is 0.134. The predicted molar refractivity (Wildman–Crippen MR) is 169 cm³/mol. The van der Waals surface area contributed by atoms with E-state index in [1.165, 1.54) is 24.3 Å². The molecular weight excluding hydrogens is 601 g/mol. The first-order valence-electron chi connectivity index (χ1n) is 13.9. The van der Waals surface area contributed by atoms with E-state index in [-0.39, 0.29) is 60.6 Å². The average molecular weight is 635 g/mol. The van der Waals surface area contributed by atoms with Crippen LogP contribution in [0.5, 0.6) is 0 Å². The van der Waals surface area contributed by atoms with Crippen molar-refractivity contribution in [2.24, 2.45) is 0 Å². The molecule has 1 heterocycles. The Morgan fingerprint density at radius 2 is 1.45 bits per heavy atom. The summed E-state index contributed by atoms with van der Waals surface area (Å²) in [6.45, 7) is 3.80. The van der Waals surface area contributed by atoms with Crippen molar-refractivity contribution in [3.8, 4) is 22.3 Å². The summed E-state index contributed by atoms with van der Waals surface area (Å²) in [6, 6.07) is 18.0. The predicted octanol–water partition coefficient (Wildman–Crippen LogP) is 6.46. The van der Waals surface area contributed by atoms with Gasteiger partial charge in [0.1, 0.15) is 17.3 Å². The van der Waals surface area contributed by atoms with Gasteiger partial charge in [0.25, 0.3) is 5.91 Å². The number of aliphatic hydroxyl groups is 2. The third-order valence-electron chi connectivity index (χ3n) is 7.06. The number of aliphatic carboxylic acids is 1. The number of carboxylic acid groups (broad SMARTS) is 1. The van der Waals surface area contributed by atoms with Crippen LogP contribution in [0.3, 0.4) is 0 Å². The van der Waals surface area contributed by atoms with Crippen LogP contribution in [-0.2, 0) is 11.2 Å². The number of hydrogen-bond acceptors (Lipinski definition) is 4. The van der Waals surface area contributed by atoms with Gasteiger partial charge in [-0.3, -0.25) is 9.59 Å². The number of nitrogens with one attached hydrogen (secondary N) is 1. The van der Waals surface area contributed by atoms with E-state index in [1.807, 2.05) is 18.4 Å². The number of carbonyl (C=O) groups is 2. The molecule has 4 N–H and O–H groups in total. The van der Waals surface area contributed by atoms with Crippen molar-refractivity contribution in [3.05, 3.63) is 101 Å². The number of halogens is 3. The summed E-state index contributed by atoms with van der Waals surface area (Å²) in [5.74, 6) is -2.53. The van der Waals surface area contributed by atoms with E-state index >= 15 is 0 Å². The molecule has 0 unspecified atom stereocenters. The topological polar surface area (TPSA) is 112 Å². The normalized spacial score (nSPS) is 12.5. The Bertz CT molecular complexity index is 1590. The summed E-state index contributed by atoms with van der Waals surface area (Å²) in [5.41, 5.74) is 3.65. The molecule has 4 rings (SSSR count). The second-order valence-electron chi connectivity index (χ2n) is 10.7. The first-order valence-corrected chi connectivity index (χ1v) is 14.3. The summed E-state index contributed by atoms with van der Waals surface area (Å²) in [7, 11) is 0. The molecule has 1 aromatic heterocycles. The van der Waals surface area contributed by atoms with E-state index in [4.69, 9.17) is 16.7 Å². The maximum absolute atomic E-state index is 14.1. The standard InChI is InChI=1S/C33H33ClF2N2O5.Na.H/c1-19(2)38-28(15-14-26(39)17-27(40)18-29(41)42)30(20-6-10-23(35)11-7-20)31(21-8-12-24(36)13-9-21)32(38)33(43)37-25-5-3-4-22(34)16-25;;/h3-13,16,19,26-27,39-40H,14-15,17-18H2,1-2H3,(H,37,43)(H,41,42);;/t26-,27-;;/m1../s1. The second kappa shape index (κ2) is 15.8. The van der Waals surface area contributed by atoms with Gasteiger partial charge in [-0.05, 0) is 86.7 Å². The zero-order chi connectivity index (χ0) is 31.3. The summed E-state index contributed by atoms with van der Waals surface area (Å²) in [6.07, 6.45) is -2.54. The third kappa shape index (κ3) is 8.78. The molecule has 0 fully saturated rings. The van der Waals surface area contributed by atoms with Crippen LogP contribution in [0.1, 0.15) is 55.3 Å². The summed E-state index contributed by atoms with van der Waals surface area (Å²) < 4.78 is 29.9. The SMILES string of the molecule is CC(C)n1c(CC[C@@H](O)C[C@@H](O)CC(=O)O)c(-c2ccc(F)cc2)c(-c2ccc(F)cc2)c1C(=O)Nc1cccc(Cl)c1.[NaH]. The number of hydrogen-bond donors (Lipinski definition) is 4. The van der Waals surface area contributed by atoms with Gasteiger partial charge in [-0.15, -0.1) is 0 Å². The van der Waals surface area contributed by atoms with Crippen molar-refractivity contribution >= 4 is 58.7 Å². The molecule has 3 aromatic carbocycles. The van der Waals surface area contributed by atoms with E-state index in [0.717, 1.165) is 0 Å². The fourth-order valence-electron chi connectivity index (χ4n) is 5.28. The van der Waals surface area contributed by atoms with E-state index in [9.17, 15) is 28.6 Å². The number of anilines is 1. The van der Waals surface area contributed by atoms with E-state index < -0.39 is 42.1 Å². The number of rotatable bonds is 12. The van der Waals surface area contributed by atoms with Crippen LogP contribution >= 0.6 is 11.6 Å². The molecular formula is C33H34ClF2N2NaO5. The van der Waals surface area contributed by atoms with Crippen molar-refractivity contribution in [2.45, 2.75) is 57.8 Å². The molecule has 0 spiro atoms. The zero-order valence-corrected chi connectivity index (χ0v) is 24.5. The van der Waals surface area contributed by atoms with Gasteiger partial charge >= 0.3 is 35.5 Å². The molecule has 228 valence electrons. The average Bonchev–Trinajstić information content (AvgIpc) is 3.28. The molecule has 0 radical (unpaired) electrons. The molecule has 0 aliphatic rings. The molecule has 0 aliphatic heterocycles. The number of carboxylic acids is 1. The molecule has 7 nitrogen and oxygen atoms in total. The Hall–Kier alpha value is -3.05. The van der Waals surface area contributed by atoms with Crippen molar-refractivity contribution in [3.63, 3.8) is 0 Å². The van der Waals surface area contributed by atoms with Crippen LogP contribution < -0.4 is 5.32 Å². The number of benzene rings is 3. The fraction of sp³-hybridized carbons (Fsp3) is 0.273. The molecule has 0 saturated heterocycles. The molecule has 1 amide bonds. The number of nitrogens with zero attached hydrogens (tertiary/aromatic N) is 1. The van der Waals surface area contributed by atoms with E-state index in [0.29, 0.717) is 38.7 Å². The Morgan fingerprint density at radius 3 is 1.98 bits per heavy atom. The first kappa shape index (κ1) is 35.4. The number of aliphatic hydroxyl groups excluding tert-OH is 2. The second-order valence-corrected chi connectivity index (χ2v) is 11.1. The van der Waals surface area contributed by atoms with Crippen molar-refractivity contribution < 1.29 is 33.7 Å². The molecule has 11 heteroatoms. The van der Waals surface area contributed by atoms with Gasteiger partial charge in [0.05, 0.1) is 18.6 Å². The summed E-state index contributed by atoms with van der Waals surface area (Å²) in [4.78, 5) is 25.1. The van der Waals surface area contributed by atoms with E-state index in [2.05, 4.69) is 5.32 Å².